The maximum atomic E-state index is 4.42. The van der Waals surface area contributed by atoms with Gasteiger partial charge in [0.2, 0.25) is 0 Å². The van der Waals surface area contributed by atoms with Crippen molar-refractivity contribution in [1.29, 1.82) is 0 Å². The van der Waals surface area contributed by atoms with Crippen LogP contribution in [-0.2, 0) is 0 Å². The Morgan fingerprint density at radius 2 is 1.56 bits per heavy atom. The molecule has 4 aliphatic carbocycles. The van der Waals surface area contributed by atoms with Crippen LogP contribution in [0.5, 0.6) is 0 Å². The summed E-state index contributed by atoms with van der Waals surface area (Å²) in [5.74, 6) is 4.78. The molecule has 1 aromatic heterocycles. The molecule has 4 fully saturated rings. The van der Waals surface area contributed by atoms with Gasteiger partial charge >= 0.3 is 0 Å². The molecule has 0 amide bonds. The summed E-state index contributed by atoms with van der Waals surface area (Å²) in [6, 6.07) is 0. The van der Waals surface area contributed by atoms with Gasteiger partial charge in [-0.3, -0.25) is 0 Å². The van der Waals surface area contributed by atoms with E-state index >= 15 is 0 Å². The van der Waals surface area contributed by atoms with Crippen molar-refractivity contribution in [1.82, 2.24) is 10.2 Å². The van der Waals surface area contributed by atoms with Crippen LogP contribution in [0.1, 0.15) is 43.0 Å². The van der Waals surface area contributed by atoms with Crippen LogP contribution in [0.4, 0.5) is 0 Å². The molecule has 0 aromatic carbocycles. The van der Waals surface area contributed by atoms with E-state index in [0.29, 0.717) is 0 Å². The first-order chi connectivity index (χ1) is 7.79. The zero-order valence-electron chi connectivity index (χ0n) is 9.10. The summed E-state index contributed by atoms with van der Waals surface area (Å²) >= 11 is 4.13. The Balaban J connectivity index is 1.69. The minimum atomic E-state index is 0.772. The van der Waals surface area contributed by atoms with E-state index < -0.39 is 0 Å². The van der Waals surface area contributed by atoms with Gasteiger partial charge in [0.25, 0.3) is 0 Å². The third kappa shape index (κ3) is 1.48. The Labute approximate surface area is 113 Å². The molecule has 5 rings (SSSR count). The minimum Gasteiger partial charge on any atom is -0.142 e. The highest BCUT2D eigenvalue weighted by Crippen LogP contribution is 2.59. The van der Waals surface area contributed by atoms with Gasteiger partial charge in [0.15, 0.2) is 3.01 Å². The molecule has 1 aromatic rings. The van der Waals surface area contributed by atoms with Crippen LogP contribution in [0, 0.1) is 26.7 Å². The number of rotatable bonds is 1. The predicted molar refractivity (Wildman–Crippen MR) is 72.4 cm³/mol. The van der Waals surface area contributed by atoms with Gasteiger partial charge in [-0.05, 0) is 78.4 Å². The average Bonchev–Trinajstić information content (AvgIpc) is 2.63. The highest BCUT2D eigenvalue weighted by Gasteiger charge is 2.49. The van der Waals surface area contributed by atoms with E-state index in [-0.39, 0.29) is 0 Å². The lowest BCUT2D eigenvalue weighted by Crippen LogP contribution is -2.43. The van der Waals surface area contributed by atoms with Crippen LogP contribution in [0.2, 0.25) is 0 Å². The summed E-state index contributed by atoms with van der Waals surface area (Å²) in [7, 11) is 0. The van der Waals surface area contributed by atoms with Gasteiger partial charge in [-0.15, -0.1) is 10.2 Å². The summed E-state index contributed by atoms with van der Waals surface area (Å²) in [6.45, 7) is 0. The Morgan fingerprint density at radius 1 is 0.938 bits per heavy atom. The molecular weight excluding hydrogens is 331 g/mol. The molecule has 4 aliphatic rings. The summed E-state index contributed by atoms with van der Waals surface area (Å²) in [6.07, 6.45) is 7.46. The van der Waals surface area contributed by atoms with Gasteiger partial charge in [-0.1, -0.05) is 11.3 Å². The van der Waals surface area contributed by atoms with Gasteiger partial charge in [-0.25, -0.2) is 0 Å². The molecule has 16 heavy (non-hydrogen) atoms. The first-order valence-corrected chi connectivity index (χ1v) is 8.18. The van der Waals surface area contributed by atoms with Crippen LogP contribution in [0.15, 0.2) is 0 Å². The topological polar surface area (TPSA) is 25.8 Å². The molecule has 4 heteroatoms. The van der Waals surface area contributed by atoms with Gasteiger partial charge in [0, 0.05) is 5.92 Å². The van der Waals surface area contributed by atoms with Gasteiger partial charge in [0.1, 0.15) is 5.01 Å². The first-order valence-electron chi connectivity index (χ1n) is 6.28. The van der Waals surface area contributed by atoms with Gasteiger partial charge < -0.3 is 0 Å². The molecule has 0 N–H and O–H groups in total. The van der Waals surface area contributed by atoms with E-state index in [1.165, 1.54) is 37.1 Å². The smallest absolute Gasteiger partial charge is 0.142 e. The number of hydrogen-bond acceptors (Lipinski definition) is 3. The molecule has 0 atom stereocenters. The fourth-order valence-corrected chi connectivity index (χ4v) is 6.32. The van der Waals surface area contributed by atoms with Crippen LogP contribution >= 0.6 is 33.9 Å². The molecular formula is C12H15IN2S. The van der Waals surface area contributed by atoms with Crippen molar-refractivity contribution in [2.24, 2.45) is 23.7 Å². The first kappa shape index (κ1) is 10.2. The largest absolute Gasteiger partial charge is 0.178 e. The molecule has 0 spiro atoms. The summed E-state index contributed by atoms with van der Waals surface area (Å²) in [5.41, 5.74) is 0. The highest BCUT2D eigenvalue weighted by molar-refractivity contribution is 14.1. The van der Waals surface area contributed by atoms with Crippen LogP contribution in [0.3, 0.4) is 0 Å². The summed E-state index contributed by atoms with van der Waals surface area (Å²) in [5, 5.41) is 9.97. The Morgan fingerprint density at radius 3 is 2.06 bits per heavy atom. The van der Waals surface area contributed by atoms with E-state index in [9.17, 15) is 0 Å². The fraction of sp³-hybridized carbons (Fsp3) is 0.833. The van der Waals surface area contributed by atoms with Crippen LogP contribution in [-0.4, -0.2) is 10.2 Å². The quantitative estimate of drug-likeness (QED) is 0.725. The Kier molecular flexibility index (Phi) is 2.33. The highest BCUT2D eigenvalue weighted by atomic mass is 127. The molecule has 0 aliphatic heterocycles. The number of hydrogen-bond donors (Lipinski definition) is 0. The van der Waals surface area contributed by atoms with Crippen LogP contribution < -0.4 is 0 Å². The van der Waals surface area contributed by atoms with Crippen molar-refractivity contribution in [2.75, 3.05) is 0 Å². The van der Waals surface area contributed by atoms with E-state index in [0.717, 1.165) is 32.6 Å². The zero-order chi connectivity index (χ0) is 10.7. The van der Waals surface area contributed by atoms with Gasteiger partial charge in [0.05, 0.1) is 0 Å². The van der Waals surface area contributed by atoms with Crippen molar-refractivity contribution >= 4 is 33.9 Å². The third-order valence-electron chi connectivity index (χ3n) is 4.93. The molecule has 4 bridgehead atoms. The van der Waals surface area contributed by atoms with E-state index in [1.54, 1.807) is 0 Å². The monoisotopic (exact) mass is 346 g/mol. The molecule has 0 radical (unpaired) electrons. The SMILES string of the molecule is Ic1nnc(C2C3CC4CC(C3)CC2C4)s1. The molecule has 0 saturated heterocycles. The molecule has 1 heterocycles. The second kappa shape index (κ2) is 3.64. The Hall–Kier alpha value is 0.290. The molecule has 2 nitrogen and oxygen atoms in total. The maximum absolute atomic E-state index is 4.42. The van der Waals surface area contributed by atoms with E-state index in [2.05, 4.69) is 32.8 Å². The summed E-state index contributed by atoms with van der Waals surface area (Å²) < 4.78 is 1.11. The standard InChI is InChI=1S/C12H15IN2S/c13-12-15-14-11(16-12)10-8-2-6-1-7(4-8)5-9(10)3-6/h6-10H,1-5H2. The van der Waals surface area contributed by atoms with Crippen molar-refractivity contribution in [3.63, 3.8) is 0 Å². The number of nitrogens with zero attached hydrogens (tertiary/aromatic N) is 2. The second-order valence-electron chi connectivity index (χ2n) is 5.85. The van der Waals surface area contributed by atoms with Crippen molar-refractivity contribution in [3.8, 4) is 0 Å². The Bertz CT molecular complexity index is 389. The lowest BCUT2D eigenvalue weighted by molar-refractivity contribution is -0.00303. The lowest BCUT2D eigenvalue weighted by Gasteiger charge is -2.53. The fourth-order valence-electron chi connectivity index (χ4n) is 4.68. The minimum absolute atomic E-state index is 0.772. The van der Waals surface area contributed by atoms with Crippen molar-refractivity contribution in [3.05, 3.63) is 8.02 Å². The van der Waals surface area contributed by atoms with Gasteiger partial charge in [-0.2, -0.15) is 0 Å². The van der Waals surface area contributed by atoms with Crippen molar-refractivity contribution in [2.45, 2.75) is 38.0 Å². The maximum Gasteiger partial charge on any atom is 0.178 e. The molecule has 4 saturated carbocycles. The predicted octanol–water partition coefficient (Wildman–Crippen LogP) is 3.68. The zero-order valence-corrected chi connectivity index (χ0v) is 12.1. The van der Waals surface area contributed by atoms with Crippen LogP contribution in [0.25, 0.3) is 0 Å². The van der Waals surface area contributed by atoms with E-state index in [4.69, 9.17) is 0 Å². The third-order valence-corrected chi connectivity index (χ3v) is 6.62. The van der Waals surface area contributed by atoms with Crippen molar-refractivity contribution < 1.29 is 0 Å². The molecule has 86 valence electrons. The van der Waals surface area contributed by atoms with E-state index in [1.807, 2.05) is 11.3 Å². The number of halogens is 1. The summed E-state index contributed by atoms with van der Waals surface area (Å²) in [4.78, 5) is 0. The average molecular weight is 346 g/mol. The normalized spacial score (nSPS) is 45.2. The number of aromatic nitrogens is 2. The second-order valence-corrected chi connectivity index (χ2v) is 8.61. The lowest BCUT2D eigenvalue weighted by atomic mass is 9.52. The molecule has 0 unspecified atom stereocenters.